The van der Waals surface area contributed by atoms with Crippen LogP contribution in [0, 0.1) is 0 Å². The van der Waals surface area contributed by atoms with Gasteiger partial charge in [-0.15, -0.1) is 0 Å². The van der Waals surface area contributed by atoms with Crippen LogP contribution < -0.4 is 17.1 Å². The van der Waals surface area contributed by atoms with Crippen LogP contribution in [0.1, 0.15) is 26.7 Å². The summed E-state index contributed by atoms with van der Waals surface area (Å²) >= 11 is 0. The maximum atomic E-state index is 12.2. The first-order valence-electron chi connectivity index (χ1n) is 8.26. The largest absolute Gasteiger partial charge is 0.462 e. The van der Waals surface area contributed by atoms with Gasteiger partial charge in [0.1, 0.15) is 0 Å². The fourth-order valence-electron chi connectivity index (χ4n) is 2.35. The van der Waals surface area contributed by atoms with E-state index >= 15 is 0 Å². The third-order valence-corrected chi connectivity index (χ3v) is 3.91. The Balaban J connectivity index is 3.22. The van der Waals surface area contributed by atoms with Gasteiger partial charge in [-0.3, -0.25) is 9.97 Å². The quantitative estimate of drug-likeness (QED) is 0.332. The summed E-state index contributed by atoms with van der Waals surface area (Å²) in [6.07, 6.45) is -0.357. The first-order chi connectivity index (χ1) is 13.0. The van der Waals surface area contributed by atoms with Gasteiger partial charge >= 0.3 is 29.0 Å². The van der Waals surface area contributed by atoms with Crippen molar-refractivity contribution in [2.24, 2.45) is 0 Å². The first-order valence-corrected chi connectivity index (χ1v) is 8.26. The van der Waals surface area contributed by atoms with Gasteiger partial charge in [-0.05, 0) is 13.8 Å². The summed E-state index contributed by atoms with van der Waals surface area (Å²) in [6, 6.07) is 0. The zero-order valence-electron chi connectivity index (χ0n) is 15.7. The summed E-state index contributed by atoms with van der Waals surface area (Å²) in [4.78, 5) is 62.6. The topological polar surface area (TPSA) is 161 Å². The highest BCUT2D eigenvalue weighted by molar-refractivity contribution is 5.87. The van der Waals surface area contributed by atoms with Gasteiger partial charge < -0.3 is 14.6 Å². The Morgan fingerprint density at radius 1 is 0.964 bits per heavy atom. The number of carbonyl (C=O) groups excluding carboxylic acids is 2. The van der Waals surface area contributed by atoms with E-state index in [-0.39, 0.29) is 37.2 Å². The number of nitrogens with zero attached hydrogens (tertiary/aromatic N) is 1. The summed E-state index contributed by atoms with van der Waals surface area (Å²) in [5, 5.41) is 9.98. The monoisotopic (exact) mass is 397 g/mol. The average molecular weight is 397 g/mol. The van der Waals surface area contributed by atoms with Crippen LogP contribution >= 0.6 is 0 Å². The number of rotatable bonds is 10. The third kappa shape index (κ3) is 5.64. The maximum Gasteiger partial charge on any atom is 0.334 e. The van der Waals surface area contributed by atoms with E-state index in [4.69, 9.17) is 9.47 Å². The molecule has 0 radical (unpaired) electrons. The lowest BCUT2D eigenvalue weighted by Gasteiger charge is -2.32. The Labute approximate surface area is 159 Å². The lowest BCUT2D eigenvalue weighted by Crippen LogP contribution is -2.56. The van der Waals surface area contributed by atoms with Crippen LogP contribution in [0.25, 0.3) is 0 Å². The van der Waals surface area contributed by atoms with Gasteiger partial charge in [0.05, 0.1) is 25.4 Å². The molecule has 0 aliphatic carbocycles. The van der Waals surface area contributed by atoms with Crippen LogP contribution in [0.15, 0.2) is 38.7 Å². The fourth-order valence-corrected chi connectivity index (χ4v) is 2.35. The number of aliphatic hydroxyl groups is 1. The van der Waals surface area contributed by atoms with Crippen LogP contribution in [0.5, 0.6) is 0 Å². The van der Waals surface area contributed by atoms with Crippen molar-refractivity contribution in [2.45, 2.75) is 32.2 Å². The summed E-state index contributed by atoms with van der Waals surface area (Å²) in [5.41, 5.74) is -4.48. The molecule has 1 heterocycles. The summed E-state index contributed by atoms with van der Waals surface area (Å²) in [6.45, 7) is 8.46. The molecule has 1 aromatic rings. The van der Waals surface area contributed by atoms with Gasteiger partial charge in [-0.2, -0.15) is 0 Å². The number of ether oxygens (including phenoxy) is 2. The summed E-state index contributed by atoms with van der Waals surface area (Å²) in [5.74, 6) is -1.38. The highest BCUT2D eigenvalue weighted by Crippen LogP contribution is 2.23. The number of aromatic amines is 2. The highest BCUT2D eigenvalue weighted by Gasteiger charge is 2.35. The molecule has 0 bridgehead atoms. The van der Waals surface area contributed by atoms with Crippen molar-refractivity contribution < 1.29 is 24.2 Å². The van der Waals surface area contributed by atoms with Gasteiger partial charge in [0.2, 0.25) is 0 Å². The lowest BCUT2D eigenvalue weighted by atomic mass is 9.92. The summed E-state index contributed by atoms with van der Waals surface area (Å²) in [7, 11) is 0. The number of hydrogen-bond acceptors (Lipinski definition) is 8. The van der Waals surface area contributed by atoms with E-state index < -0.39 is 41.2 Å². The Bertz CT molecular complexity index is 870. The molecular weight excluding hydrogens is 374 g/mol. The van der Waals surface area contributed by atoms with Crippen molar-refractivity contribution in [2.75, 3.05) is 19.8 Å². The second-order valence-electron chi connectivity index (χ2n) is 6.24. The predicted octanol–water partition coefficient (Wildman–Crippen LogP) is -1.07. The number of carbonyl (C=O) groups is 2. The smallest absolute Gasteiger partial charge is 0.334 e. The SMILES string of the molecule is C=C(C)C(=O)OCCC(CO)(CCOC(=O)C(=C)C)n1c(=O)[nH]c(=O)[nH]c1=O. The molecule has 0 atom stereocenters. The van der Waals surface area contributed by atoms with Crippen LogP contribution in [0.2, 0.25) is 0 Å². The second-order valence-corrected chi connectivity index (χ2v) is 6.24. The van der Waals surface area contributed by atoms with E-state index in [1.54, 1.807) is 0 Å². The molecule has 154 valence electrons. The van der Waals surface area contributed by atoms with Crippen LogP contribution in [0.3, 0.4) is 0 Å². The minimum Gasteiger partial charge on any atom is -0.462 e. The van der Waals surface area contributed by atoms with Crippen LogP contribution in [-0.2, 0) is 24.6 Å². The molecule has 0 aromatic carbocycles. The van der Waals surface area contributed by atoms with Crippen LogP contribution in [-0.4, -0.2) is 51.4 Å². The molecule has 0 aliphatic rings. The normalized spacial score (nSPS) is 11.0. The van der Waals surface area contributed by atoms with E-state index in [0.29, 0.717) is 4.57 Å². The molecule has 0 unspecified atom stereocenters. The lowest BCUT2D eigenvalue weighted by molar-refractivity contribution is -0.140. The van der Waals surface area contributed by atoms with E-state index in [9.17, 15) is 29.1 Å². The Morgan fingerprint density at radius 3 is 1.68 bits per heavy atom. The Kier molecular flexibility index (Phi) is 7.87. The Morgan fingerprint density at radius 2 is 1.36 bits per heavy atom. The molecule has 1 aromatic heterocycles. The van der Waals surface area contributed by atoms with Gasteiger partial charge in [0.25, 0.3) is 0 Å². The molecule has 1 rings (SSSR count). The molecule has 11 heteroatoms. The van der Waals surface area contributed by atoms with Gasteiger partial charge in [-0.1, -0.05) is 13.2 Å². The zero-order valence-corrected chi connectivity index (χ0v) is 15.7. The molecular formula is C17H23N3O8. The third-order valence-electron chi connectivity index (χ3n) is 3.91. The van der Waals surface area contributed by atoms with Crippen LogP contribution in [0.4, 0.5) is 0 Å². The van der Waals surface area contributed by atoms with Crippen molar-refractivity contribution in [1.29, 1.82) is 0 Å². The van der Waals surface area contributed by atoms with Crippen molar-refractivity contribution in [3.63, 3.8) is 0 Å². The minimum atomic E-state index is -1.61. The van der Waals surface area contributed by atoms with Gasteiger partial charge in [-0.25, -0.2) is 28.5 Å². The number of H-pyrrole nitrogens is 2. The molecule has 0 saturated carbocycles. The zero-order chi connectivity index (χ0) is 21.5. The second kappa shape index (κ2) is 9.65. The number of esters is 2. The number of hydrogen-bond donors (Lipinski definition) is 3. The highest BCUT2D eigenvalue weighted by atomic mass is 16.5. The van der Waals surface area contributed by atoms with E-state index in [1.165, 1.54) is 13.8 Å². The molecule has 28 heavy (non-hydrogen) atoms. The van der Waals surface area contributed by atoms with E-state index in [2.05, 4.69) is 13.2 Å². The van der Waals surface area contributed by atoms with Crippen molar-refractivity contribution in [3.05, 3.63) is 55.8 Å². The molecule has 11 nitrogen and oxygen atoms in total. The van der Waals surface area contributed by atoms with E-state index in [0.717, 1.165) is 0 Å². The molecule has 0 aliphatic heterocycles. The van der Waals surface area contributed by atoms with Crippen molar-refractivity contribution in [1.82, 2.24) is 14.5 Å². The minimum absolute atomic E-state index is 0.143. The summed E-state index contributed by atoms with van der Waals surface area (Å²) < 4.78 is 10.6. The first kappa shape index (κ1) is 22.8. The molecule has 0 saturated heterocycles. The molecule has 0 fully saturated rings. The van der Waals surface area contributed by atoms with Crippen molar-refractivity contribution in [3.8, 4) is 0 Å². The fraction of sp³-hybridized carbons (Fsp3) is 0.471. The number of aliphatic hydroxyl groups excluding tert-OH is 1. The Hall–Kier alpha value is -3.21. The average Bonchev–Trinajstić information content (AvgIpc) is 2.59. The molecule has 0 amide bonds. The molecule has 3 N–H and O–H groups in total. The predicted molar refractivity (Wildman–Crippen MR) is 97.8 cm³/mol. The maximum absolute atomic E-state index is 12.2. The van der Waals surface area contributed by atoms with Gasteiger partial charge in [0.15, 0.2) is 0 Å². The van der Waals surface area contributed by atoms with E-state index in [1.807, 2.05) is 9.97 Å². The number of aromatic nitrogens is 3. The van der Waals surface area contributed by atoms with Gasteiger partial charge in [0, 0.05) is 24.0 Å². The van der Waals surface area contributed by atoms with Crippen molar-refractivity contribution >= 4 is 11.9 Å². The standard InChI is InChI=1S/C17H23N3O8/c1-10(2)12(22)27-7-5-17(9-21,6-8-28-13(23)11(3)4)20-15(25)18-14(24)19-16(20)26/h21H,1,3,5-9H2,2,4H3,(H2,18,19,24,25,26). The number of nitrogens with one attached hydrogen (secondary N) is 2. The molecule has 0 spiro atoms.